The molecule has 1 aromatic carbocycles. The number of ether oxygens (including phenoxy) is 2. The first-order chi connectivity index (χ1) is 17.0. The van der Waals surface area contributed by atoms with Gasteiger partial charge in [-0.3, -0.25) is 24.1 Å². The van der Waals surface area contributed by atoms with E-state index in [0.717, 1.165) is 5.56 Å². The average molecular weight is 479 g/mol. The van der Waals surface area contributed by atoms with Gasteiger partial charge in [0.05, 0.1) is 24.3 Å². The Balaban J connectivity index is 1.46. The van der Waals surface area contributed by atoms with Crippen molar-refractivity contribution in [2.45, 2.75) is 26.4 Å². The monoisotopic (exact) mass is 478 g/mol. The van der Waals surface area contributed by atoms with E-state index in [-0.39, 0.29) is 41.3 Å². The van der Waals surface area contributed by atoms with Gasteiger partial charge in [-0.2, -0.15) is 0 Å². The number of pyridine rings is 1. The second kappa shape index (κ2) is 10.8. The molecule has 0 aliphatic carbocycles. The Labute approximate surface area is 201 Å². The van der Waals surface area contributed by atoms with Crippen LogP contribution in [0.3, 0.4) is 0 Å². The maximum atomic E-state index is 13.2. The summed E-state index contributed by atoms with van der Waals surface area (Å²) in [6.07, 6.45) is 2.94. The van der Waals surface area contributed by atoms with E-state index in [1.54, 1.807) is 24.0 Å². The molecule has 0 unspecified atom stereocenters. The number of fused-ring (bicyclic) bond motifs is 1. The number of aromatic nitrogens is 2. The molecule has 0 radical (unpaired) electrons. The van der Waals surface area contributed by atoms with Crippen molar-refractivity contribution in [3.05, 3.63) is 76.3 Å². The molecule has 0 saturated carbocycles. The van der Waals surface area contributed by atoms with E-state index < -0.39 is 11.7 Å². The highest BCUT2D eigenvalue weighted by atomic mass is 16.5. The number of amides is 2. The lowest BCUT2D eigenvalue weighted by Crippen LogP contribution is -2.41. The average Bonchev–Trinajstić information content (AvgIpc) is 2.89. The number of hydrogen-bond donors (Lipinski definition) is 1. The summed E-state index contributed by atoms with van der Waals surface area (Å²) in [5, 5.41) is 2.41. The third-order valence-corrected chi connectivity index (χ3v) is 5.81. The Morgan fingerprint density at radius 1 is 1.06 bits per heavy atom. The van der Waals surface area contributed by atoms with Crippen LogP contribution in [-0.4, -0.2) is 52.0 Å². The number of esters is 1. The molecule has 10 nitrogen and oxygen atoms in total. The van der Waals surface area contributed by atoms with Crippen LogP contribution in [-0.2, 0) is 20.9 Å². The van der Waals surface area contributed by atoms with Crippen LogP contribution in [0.5, 0.6) is 0 Å². The first kappa shape index (κ1) is 23.9. The minimum absolute atomic E-state index is 0.0561. The molecule has 35 heavy (non-hydrogen) atoms. The van der Waals surface area contributed by atoms with Gasteiger partial charge in [-0.25, -0.2) is 9.78 Å². The number of piperidine rings is 1. The summed E-state index contributed by atoms with van der Waals surface area (Å²) in [5.41, 5.74) is 0.642. The molecule has 10 heteroatoms. The van der Waals surface area contributed by atoms with E-state index in [4.69, 9.17) is 9.47 Å². The summed E-state index contributed by atoms with van der Waals surface area (Å²) in [5.74, 6) is -0.733. The molecule has 1 aliphatic heterocycles. The lowest BCUT2D eigenvalue weighted by molar-refractivity contribution is -0.149. The maximum absolute atomic E-state index is 13.2. The van der Waals surface area contributed by atoms with E-state index in [0.29, 0.717) is 32.5 Å². The van der Waals surface area contributed by atoms with Gasteiger partial charge >= 0.3 is 12.1 Å². The van der Waals surface area contributed by atoms with Crippen LogP contribution >= 0.6 is 0 Å². The second-order valence-corrected chi connectivity index (χ2v) is 8.10. The molecule has 3 heterocycles. The zero-order chi connectivity index (χ0) is 24.8. The van der Waals surface area contributed by atoms with Crippen molar-refractivity contribution in [2.24, 2.45) is 5.92 Å². The number of carbonyl (C=O) groups excluding carboxylic acids is 3. The Hall–Kier alpha value is -4.21. The van der Waals surface area contributed by atoms with Gasteiger partial charge in [-0.15, -0.1) is 0 Å². The van der Waals surface area contributed by atoms with Crippen LogP contribution in [0.4, 0.5) is 10.5 Å². The molecule has 2 amide bonds. The number of rotatable bonds is 6. The number of likely N-dealkylation sites (tertiary alicyclic amines) is 1. The Morgan fingerprint density at radius 2 is 1.80 bits per heavy atom. The quantitative estimate of drug-likeness (QED) is 0.541. The highest BCUT2D eigenvalue weighted by molar-refractivity contribution is 6.00. The molecule has 1 aliphatic rings. The van der Waals surface area contributed by atoms with Crippen LogP contribution in [0.15, 0.2) is 59.7 Å². The van der Waals surface area contributed by atoms with Crippen molar-refractivity contribution >= 4 is 29.3 Å². The molecule has 1 fully saturated rings. The maximum Gasteiger partial charge on any atom is 0.412 e. The zero-order valence-electron chi connectivity index (χ0n) is 19.3. The molecule has 4 rings (SSSR count). The molecule has 3 aromatic rings. The van der Waals surface area contributed by atoms with Crippen molar-refractivity contribution in [3.8, 4) is 0 Å². The number of carbonyl (C=O) groups is 3. The largest absolute Gasteiger partial charge is 0.466 e. The van der Waals surface area contributed by atoms with E-state index >= 15 is 0 Å². The second-order valence-electron chi connectivity index (χ2n) is 8.10. The molecule has 0 atom stereocenters. The molecule has 0 spiro atoms. The SMILES string of the molecule is CCOC(=O)C1CCN(C(=O)c2cccn3c(=O)c(NC(=O)OCc4ccccc4)cnc23)CC1. The van der Waals surface area contributed by atoms with Crippen molar-refractivity contribution in [3.63, 3.8) is 0 Å². The number of anilines is 1. The molecular weight excluding hydrogens is 452 g/mol. The Bertz CT molecular complexity index is 1280. The normalized spacial score (nSPS) is 13.9. The van der Waals surface area contributed by atoms with Crippen LogP contribution in [0.2, 0.25) is 0 Å². The highest BCUT2D eigenvalue weighted by Crippen LogP contribution is 2.21. The summed E-state index contributed by atoms with van der Waals surface area (Å²) >= 11 is 0. The molecule has 0 bridgehead atoms. The smallest absolute Gasteiger partial charge is 0.412 e. The van der Waals surface area contributed by atoms with Crippen LogP contribution in [0.1, 0.15) is 35.7 Å². The summed E-state index contributed by atoms with van der Waals surface area (Å²) < 4.78 is 11.5. The van der Waals surface area contributed by atoms with Gasteiger partial charge in [0, 0.05) is 19.3 Å². The third kappa shape index (κ3) is 5.48. The van der Waals surface area contributed by atoms with Gasteiger partial charge in [0.15, 0.2) is 5.65 Å². The lowest BCUT2D eigenvalue weighted by Gasteiger charge is -2.31. The molecule has 1 saturated heterocycles. The molecule has 2 aromatic heterocycles. The standard InChI is InChI=1S/C25H26N4O6/c1-2-34-24(32)18-10-13-28(14-11-18)22(30)19-9-6-12-29-21(19)26-15-20(23(29)31)27-25(33)35-16-17-7-4-3-5-8-17/h3-9,12,15,18H,2,10-11,13-14,16H2,1H3,(H,27,33). The summed E-state index contributed by atoms with van der Waals surface area (Å²) in [6.45, 7) is 2.96. The van der Waals surface area contributed by atoms with E-state index in [1.807, 2.05) is 30.3 Å². The minimum atomic E-state index is -0.788. The number of hydrogen-bond acceptors (Lipinski definition) is 7. The molecule has 1 N–H and O–H groups in total. The molecular formula is C25H26N4O6. The van der Waals surface area contributed by atoms with Gasteiger partial charge in [0.1, 0.15) is 12.3 Å². The van der Waals surface area contributed by atoms with Gasteiger partial charge in [0.2, 0.25) is 0 Å². The Morgan fingerprint density at radius 3 is 2.51 bits per heavy atom. The molecule has 182 valence electrons. The van der Waals surface area contributed by atoms with Crippen molar-refractivity contribution in [1.29, 1.82) is 0 Å². The third-order valence-electron chi connectivity index (χ3n) is 5.81. The van der Waals surface area contributed by atoms with Gasteiger partial charge < -0.3 is 14.4 Å². The highest BCUT2D eigenvalue weighted by Gasteiger charge is 2.29. The fourth-order valence-electron chi connectivity index (χ4n) is 3.98. The van der Waals surface area contributed by atoms with Gasteiger partial charge in [-0.05, 0) is 37.5 Å². The summed E-state index contributed by atoms with van der Waals surface area (Å²) in [4.78, 5) is 56.2. The van der Waals surface area contributed by atoms with Crippen LogP contribution < -0.4 is 10.9 Å². The summed E-state index contributed by atoms with van der Waals surface area (Å²) in [6, 6.07) is 12.3. The zero-order valence-corrected chi connectivity index (χ0v) is 19.3. The number of benzene rings is 1. The van der Waals surface area contributed by atoms with Gasteiger partial charge in [0.25, 0.3) is 11.5 Å². The van der Waals surface area contributed by atoms with E-state index in [2.05, 4.69) is 10.3 Å². The van der Waals surface area contributed by atoms with E-state index in [1.165, 1.54) is 16.8 Å². The first-order valence-corrected chi connectivity index (χ1v) is 11.4. The van der Waals surface area contributed by atoms with E-state index in [9.17, 15) is 19.2 Å². The Kier molecular flexibility index (Phi) is 7.39. The predicted octanol–water partition coefficient (Wildman–Crippen LogP) is 2.86. The first-order valence-electron chi connectivity index (χ1n) is 11.4. The number of nitrogens with one attached hydrogen (secondary N) is 1. The van der Waals surface area contributed by atoms with Crippen LogP contribution in [0.25, 0.3) is 5.65 Å². The number of nitrogens with zero attached hydrogens (tertiary/aromatic N) is 3. The van der Waals surface area contributed by atoms with Crippen molar-refractivity contribution in [2.75, 3.05) is 25.0 Å². The topological polar surface area (TPSA) is 119 Å². The van der Waals surface area contributed by atoms with Crippen molar-refractivity contribution in [1.82, 2.24) is 14.3 Å². The van der Waals surface area contributed by atoms with Gasteiger partial charge in [-0.1, -0.05) is 30.3 Å². The van der Waals surface area contributed by atoms with Crippen LogP contribution in [0, 0.1) is 5.92 Å². The van der Waals surface area contributed by atoms with Crippen molar-refractivity contribution < 1.29 is 23.9 Å². The minimum Gasteiger partial charge on any atom is -0.466 e. The predicted molar refractivity (Wildman–Crippen MR) is 127 cm³/mol. The lowest BCUT2D eigenvalue weighted by atomic mass is 9.96. The fourth-order valence-corrected chi connectivity index (χ4v) is 3.98. The fraction of sp³-hybridized carbons (Fsp3) is 0.320. The summed E-state index contributed by atoms with van der Waals surface area (Å²) in [7, 11) is 0.